The van der Waals surface area contributed by atoms with Crippen molar-refractivity contribution in [2.24, 2.45) is 5.10 Å². The number of aromatic nitrogens is 3. The van der Waals surface area contributed by atoms with E-state index in [9.17, 15) is 5.11 Å². The molecule has 0 unspecified atom stereocenters. The van der Waals surface area contributed by atoms with Gasteiger partial charge in [0.15, 0.2) is 5.82 Å². The third-order valence-corrected chi connectivity index (χ3v) is 3.89. The Balaban J connectivity index is 1.81. The van der Waals surface area contributed by atoms with Crippen LogP contribution in [0.25, 0.3) is 0 Å². The first-order valence-corrected chi connectivity index (χ1v) is 8.20. The minimum Gasteiger partial charge on any atom is -0.507 e. The summed E-state index contributed by atoms with van der Waals surface area (Å²) < 4.78 is 8.30. The number of nitrogens with zero attached hydrogens (tertiary/aromatic N) is 3. The lowest BCUT2D eigenvalue weighted by molar-refractivity contribution is 0.290. The zero-order chi connectivity index (χ0) is 16.9. The number of aromatic amines is 1. The monoisotopic (exact) mass is 404 g/mol. The van der Waals surface area contributed by atoms with Crippen molar-refractivity contribution < 1.29 is 9.84 Å². The molecule has 1 aromatic heterocycles. The van der Waals surface area contributed by atoms with E-state index in [1.54, 1.807) is 18.2 Å². The molecule has 0 amide bonds. The summed E-state index contributed by atoms with van der Waals surface area (Å²) in [6.07, 6.45) is 1.51. The summed E-state index contributed by atoms with van der Waals surface area (Å²) in [5.74, 6) is 1.38. The minimum atomic E-state index is 0.124. The van der Waals surface area contributed by atoms with Crippen LogP contribution in [0.1, 0.15) is 11.4 Å². The van der Waals surface area contributed by atoms with Gasteiger partial charge in [0.1, 0.15) is 18.1 Å². The van der Waals surface area contributed by atoms with Crippen molar-refractivity contribution in [3.8, 4) is 11.5 Å². The number of hydrogen-bond acceptors (Lipinski definition) is 5. The average Bonchev–Trinajstić information content (AvgIpc) is 2.95. The Bertz CT molecular complexity index is 921. The van der Waals surface area contributed by atoms with Gasteiger partial charge < -0.3 is 9.84 Å². The number of para-hydroxylation sites is 1. The van der Waals surface area contributed by atoms with Gasteiger partial charge in [-0.1, -0.05) is 34.1 Å². The van der Waals surface area contributed by atoms with Gasteiger partial charge in [-0.15, -0.1) is 0 Å². The van der Waals surface area contributed by atoms with E-state index in [2.05, 4.69) is 31.2 Å². The number of nitrogens with one attached hydrogen (secondary N) is 1. The van der Waals surface area contributed by atoms with E-state index >= 15 is 0 Å². The molecule has 0 spiro atoms. The maximum atomic E-state index is 9.86. The molecule has 0 fully saturated rings. The highest BCUT2D eigenvalue weighted by molar-refractivity contribution is 9.10. The van der Waals surface area contributed by atoms with Crippen molar-refractivity contribution in [2.45, 2.75) is 6.61 Å². The van der Waals surface area contributed by atoms with Crippen LogP contribution < -0.4 is 4.74 Å². The predicted octanol–water partition coefficient (Wildman–Crippen LogP) is 3.87. The van der Waals surface area contributed by atoms with Crippen LogP contribution in [0, 0.1) is 4.77 Å². The molecule has 122 valence electrons. The molecule has 0 saturated carbocycles. The molecule has 2 aromatic carbocycles. The number of rotatable bonds is 5. The summed E-state index contributed by atoms with van der Waals surface area (Å²) >= 11 is 8.54. The summed E-state index contributed by atoms with van der Waals surface area (Å²) in [6.45, 7) is 0.207. The standard InChI is InChI=1S/C16H13BrN4O2S/c17-12-6-7-14(22)11(8-12)9-18-21-15(19-20-16(21)24)10-23-13-4-2-1-3-5-13/h1-9,22H,10H2,(H,20,24)/b18-9-. The Morgan fingerprint density at radius 3 is 2.88 bits per heavy atom. The summed E-state index contributed by atoms with van der Waals surface area (Å²) in [5.41, 5.74) is 0.558. The van der Waals surface area contributed by atoms with E-state index in [4.69, 9.17) is 17.0 Å². The average molecular weight is 405 g/mol. The van der Waals surface area contributed by atoms with Crippen LogP contribution >= 0.6 is 28.1 Å². The van der Waals surface area contributed by atoms with Gasteiger partial charge in [-0.25, -0.2) is 5.10 Å². The third-order valence-electron chi connectivity index (χ3n) is 3.13. The first-order valence-electron chi connectivity index (χ1n) is 7.00. The highest BCUT2D eigenvalue weighted by Crippen LogP contribution is 2.20. The van der Waals surface area contributed by atoms with Gasteiger partial charge >= 0.3 is 0 Å². The highest BCUT2D eigenvalue weighted by Gasteiger charge is 2.07. The van der Waals surface area contributed by atoms with Crippen LogP contribution in [0.4, 0.5) is 0 Å². The Morgan fingerprint density at radius 1 is 1.29 bits per heavy atom. The quantitative estimate of drug-likeness (QED) is 0.499. The van der Waals surface area contributed by atoms with Crippen LogP contribution in [-0.2, 0) is 6.61 Å². The zero-order valence-electron chi connectivity index (χ0n) is 12.4. The molecule has 0 atom stereocenters. The van der Waals surface area contributed by atoms with Crippen LogP contribution in [0.15, 0.2) is 58.1 Å². The molecular formula is C16H13BrN4O2S. The summed E-state index contributed by atoms with van der Waals surface area (Å²) in [6, 6.07) is 14.5. The molecule has 24 heavy (non-hydrogen) atoms. The summed E-state index contributed by atoms with van der Waals surface area (Å²) in [7, 11) is 0. The zero-order valence-corrected chi connectivity index (χ0v) is 14.8. The van der Waals surface area contributed by atoms with Gasteiger partial charge in [0, 0.05) is 10.0 Å². The van der Waals surface area contributed by atoms with Crippen LogP contribution in [0.5, 0.6) is 11.5 Å². The van der Waals surface area contributed by atoms with Crippen LogP contribution in [0.2, 0.25) is 0 Å². The summed E-state index contributed by atoms with van der Waals surface area (Å²) in [4.78, 5) is 0. The number of benzene rings is 2. The van der Waals surface area contributed by atoms with Gasteiger partial charge in [0.25, 0.3) is 0 Å². The fourth-order valence-corrected chi connectivity index (χ4v) is 2.53. The van der Waals surface area contributed by atoms with E-state index in [1.165, 1.54) is 10.9 Å². The summed E-state index contributed by atoms with van der Waals surface area (Å²) in [5, 5.41) is 20.9. The fraction of sp³-hybridized carbons (Fsp3) is 0.0625. The van der Waals surface area contributed by atoms with Gasteiger partial charge in [-0.2, -0.15) is 14.9 Å². The molecule has 6 nitrogen and oxygen atoms in total. The first-order chi connectivity index (χ1) is 11.6. The second-order valence-electron chi connectivity index (χ2n) is 4.81. The van der Waals surface area contributed by atoms with E-state index < -0.39 is 0 Å². The predicted molar refractivity (Wildman–Crippen MR) is 97.0 cm³/mol. The molecule has 0 radical (unpaired) electrons. The number of H-pyrrole nitrogens is 1. The normalized spacial score (nSPS) is 11.0. The number of hydrogen-bond donors (Lipinski definition) is 2. The maximum Gasteiger partial charge on any atom is 0.216 e. The first kappa shape index (κ1) is 16.4. The molecule has 0 aliphatic heterocycles. The minimum absolute atomic E-state index is 0.124. The molecule has 0 aliphatic rings. The third kappa shape index (κ3) is 3.90. The lowest BCUT2D eigenvalue weighted by Gasteiger charge is -2.05. The lowest BCUT2D eigenvalue weighted by atomic mass is 10.2. The van der Waals surface area contributed by atoms with E-state index in [0.717, 1.165) is 10.2 Å². The number of aromatic hydroxyl groups is 1. The highest BCUT2D eigenvalue weighted by atomic mass is 79.9. The molecule has 2 N–H and O–H groups in total. The van der Waals surface area contributed by atoms with Crippen molar-refractivity contribution in [1.82, 2.24) is 14.9 Å². The largest absolute Gasteiger partial charge is 0.507 e. The second-order valence-corrected chi connectivity index (χ2v) is 6.11. The number of phenols is 1. The molecule has 8 heteroatoms. The van der Waals surface area contributed by atoms with Crippen LogP contribution in [-0.4, -0.2) is 26.2 Å². The Labute approximate surface area is 151 Å². The smallest absolute Gasteiger partial charge is 0.216 e. The van der Waals surface area contributed by atoms with Crippen molar-refractivity contribution in [1.29, 1.82) is 0 Å². The SMILES string of the molecule is Oc1ccc(Br)cc1/C=N\n1c(COc2ccccc2)n[nH]c1=S. The fourth-order valence-electron chi connectivity index (χ4n) is 1.95. The molecule has 0 aliphatic carbocycles. The van der Waals surface area contributed by atoms with Gasteiger partial charge in [0.05, 0.1) is 6.21 Å². The Morgan fingerprint density at radius 2 is 2.08 bits per heavy atom. The van der Waals surface area contributed by atoms with Gasteiger partial charge in [-0.3, -0.25) is 0 Å². The molecule has 0 saturated heterocycles. The molecule has 1 heterocycles. The maximum absolute atomic E-state index is 9.86. The Kier molecular flexibility index (Phi) is 5.07. The van der Waals surface area contributed by atoms with Crippen molar-refractivity contribution in [3.05, 3.63) is 69.2 Å². The van der Waals surface area contributed by atoms with E-state index in [0.29, 0.717) is 16.2 Å². The van der Waals surface area contributed by atoms with E-state index in [1.807, 2.05) is 30.3 Å². The van der Waals surface area contributed by atoms with E-state index in [-0.39, 0.29) is 12.4 Å². The Hall–Kier alpha value is -2.45. The lowest BCUT2D eigenvalue weighted by Crippen LogP contribution is -2.04. The number of halogens is 1. The molecule has 3 aromatic rings. The van der Waals surface area contributed by atoms with Gasteiger partial charge in [-0.05, 0) is 42.5 Å². The van der Waals surface area contributed by atoms with Crippen molar-refractivity contribution >= 4 is 34.4 Å². The molecule has 3 rings (SSSR count). The molecular weight excluding hydrogens is 392 g/mol. The second kappa shape index (κ2) is 7.41. The van der Waals surface area contributed by atoms with Crippen molar-refractivity contribution in [3.63, 3.8) is 0 Å². The topological polar surface area (TPSA) is 75.4 Å². The van der Waals surface area contributed by atoms with Crippen LogP contribution in [0.3, 0.4) is 0 Å². The van der Waals surface area contributed by atoms with Crippen molar-refractivity contribution in [2.75, 3.05) is 0 Å². The molecule has 0 bridgehead atoms. The number of ether oxygens (including phenoxy) is 1. The number of phenolic OH excluding ortho intramolecular Hbond substituents is 1. The van der Waals surface area contributed by atoms with Gasteiger partial charge in [0.2, 0.25) is 4.77 Å².